The van der Waals surface area contributed by atoms with Crippen LogP contribution in [-0.2, 0) is 0 Å². The summed E-state index contributed by atoms with van der Waals surface area (Å²) in [6, 6.07) is 9.76. The maximum absolute atomic E-state index is 5.73. The second-order valence-electron chi connectivity index (χ2n) is 6.72. The van der Waals surface area contributed by atoms with Gasteiger partial charge in [-0.1, -0.05) is 6.07 Å². The molecule has 2 aromatic rings. The van der Waals surface area contributed by atoms with Crippen LogP contribution in [0.1, 0.15) is 17.2 Å². The van der Waals surface area contributed by atoms with E-state index in [9.17, 15) is 0 Å². The molecule has 1 fully saturated rings. The summed E-state index contributed by atoms with van der Waals surface area (Å²) in [4.78, 5) is 2.41. The van der Waals surface area contributed by atoms with Crippen LogP contribution in [0.4, 0.5) is 0 Å². The number of rotatable bonds is 8. The first-order valence-corrected chi connectivity index (χ1v) is 9.64. The normalized spacial score (nSPS) is 15.5. The van der Waals surface area contributed by atoms with Crippen LogP contribution in [0.25, 0.3) is 0 Å². The predicted molar refractivity (Wildman–Crippen MR) is 112 cm³/mol. The van der Waals surface area contributed by atoms with Crippen LogP contribution in [0.2, 0.25) is 0 Å². The molecule has 0 aromatic heterocycles. The zero-order valence-corrected chi connectivity index (χ0v) is 17.8. The van der Waals surface area contributed by atoms with E-state index >= 15 is 0 Å². The average Bonchev–Trinajstić information content (AvgIpc) is 2.79. The van der Waals surface area contributed by atoms with Gasteiger partial charge in [0.05, 0.1) is 47.2 Å². The lowest BCUT2D eigenvalue weighted by Gasteiger charge is -2.37. The van der Waals surface area contributed by atoms with E-state index in [0.29, 0.717) is 17.2 Å². The van der Waals surface area contributed by atoms with Crippen molar-refractivity contribution in [1.82, 2.24) is 10.2 Å². The maximum atomic E-state index is 5.73. The molecule has 0 saturated carbocycles. The fourth-order valence-electron chi connectivity index (χ4n) is 3.91. The van der Waals surface area contributed by atoms with Gasteiger partial charge >= 0.3 is 0 Å². The third kappa shape index (κ3) is 4.21. The Morgan fingerprint density at radius 1 is 0.759 bits per heavy atom. The van der Waals surface area contributed by atoms with Crippen LogP contribution in [0.3, 0.4) is 0 Å². The van der Waals surface area contributed by atoms with Gasteiger partial charge in [-0.2, -0.15) is 0 Å². The van der Waals surface area contributed by atoms with Crippen LogP contribution in [0.15, 0.2) is 30.3 Å². The van der Waals surface area contributed by atoms with Gasteiger partial charge < -0.3 is 29.0 Å². The number of nitrogens with one attached hydrogen (secondary N) is 1. The van der Waals surface area contributed by atoms with E-state index in [1.165, 1.54) is 0 Å². The predicted octanol–water partition coefficient (Wildman–Crippen LogP) is 2.72. The van der Waals surface area contributed by atoms with Gasteiger partial charge in [-0.15, -0.1) is 0 Å². The second kappa shape index (κ2) is 9.71. The SMILES string of the molecule is COc1cc(C(c2c(OC)cccc2OC)N2CCNCC2)cc(OC)c1OC. The Morgan fingerprint density at radius 2 is 1.28 bits per heavy atom. The first kappa shape index (κ1) is 21.1. The minimum absolute atomic E-state index is 0.100. The molecule has 0 spiro atoms. The van der Waals surface area contributed by atoms with Crippen LogP contribution in [-0.4, -0.2) is 66.6 Å². The Labute approximate surface area is 172 Å². The van der Waals surface area contributed by atoms with E-state index in [0.717, 1.165) is 48.8 Å². The van der Waals surface area contributed by atoms with Crippen molar-refractivity contribution in [3.8, 4) is 28.7 Å². The summed E-state index contributed by atoms with van der Waals surface area (Å²) in [7, 11) is 8.23. The lowest BCUT2D eigenvalue weighted by atomic mass is 9.94. The molecular formula is C22H30N2O5. The van der Waals surface area contributed by atoms with Gasteiger partial charge in [0.2, 0.25) is 5.75 Å². The minimum atomic E-state index is -0.100. The molecule has 1 atom stereocenters. The molecule has 1 unspecified atom stereocenters. The molecule has 0 radical (unpaired) electrons. The van der Waals surface area contributed by atoms with Crippen LogP contribution < -0.4 is 29.0 Å². The lowest BCUT2D eigenvalue weighted by molar-refractivity contribution is 0.191. The zero-order valence-electron chi connectivity index (χ0n) is 17.8. The van der Waals surface area contributed by atoms with Crippen LogP contribution in [0, 0.1) is 0 Å². The van der Waals surface area contributed by atoms with Gasteiger partial charge in [0.1, 0.15) is 11.5 Å². The molecular weight excluding hydrogens is 372 g/mol. The number of benzene rings is 2. The van der Waals surface area contributed by atoms with Crippen molar-refractivity contribution in [1.29, 1.82) is 0 Å². The summed E-state index contributed by atoms with van der Waals surface area (Å²) < 4.78 is 28.2. The molecule has 1 aliphatic heterocycles. The molecule has 1 N–H and O–H groups in total. The molecule has 7 nitrogen and oxygen atoms in total. The van der Waals surface area contributed by atoms with Gasteiger partial charge in [-0.05, 0) is 29.8 Å². The van der Waals surface area contributed by atoms with Crippen molar-refractivity contribution < 1.29 is 23.7 Å². The van der Waals surface area contributed by atoms with Crippen molar-refractivity contribution in [3.05, 3.63) is 41.5 Å². The highest BCUT2D eigenvalue weighted by Gasteiger charge is 2.31. The van der Waals surface area contributed by atoms with Gasteiger partial charge in [0, 0.05) is 26.2 Å². The van der Waals surface area contributed by atoms with Crippen LogP contribution in [0.5, 0.6) is 28.7 Å². The number of piperazine rings is 1. The molecule has 0 aliphatic carbocycles. The topological polar surface area (TPSA) is 61.4 Å². The van der Waals surface area contributed by atoms with Crippen molar-refractivity contribution in [2.75, 3.05) is 61.7 Å². The van der Waals surface area contributed by atoms with Gasteiger partial charge in [0.25, 0.3) is 0 Å². The summed E-state index contributed by atoms with van der Waals surface area (Å²) in [6.07, 6.45) is 0. The summed E-state index contributed by atoms with van der Waals surface area (Å²) >= 11 is 0. The van der Waals surface area contributed by atoms with E-state index in [1.54, 1.807) is 35.5 Å². The Balaban J connectivity index is 2.23. The molecule has 1 heterocycles. The van der Waals surface area contributed by atoms with Gasteiger partial charge in [-0.3, -0.25) is 4.90 Å². The van der Waals surface area contributed by atoms with E-state index in [4.69, 9.17) is 23.7 Å². The molecule has 158 valence electrons. The smallest absolute Gasteiger partial charge is 0.203 e. The highest BCUT2D eigenvalue weighted by Crippen LogP contribution is 2.46. The molecule has 7 heteroatoms. The summed E-state index contributed by atoms with van der Waals surface area (Å²) in [5.41, 5.74) is 2.00. The summed E-state index contributed by atoms with van der Waals surface area (Å²) in [5.74, 6) is 3.37. The van der Waals surface area contributed by atoms with E-state index in [1.807, 2.05) is 30.3 Å². The number of hydrogen-bond acceptors (Lipinski definition) is 7. The fourth-order valence-corrected chi connectivity index (χ4v) is 3.91. The van der Waals surface area contributed by atoms with Crippen LogP contribution >= 0.6 is 0 Å². The van der Waals surface area contributed by atoms with Crippen molar-refractivity contribution in [2.45, 2.75) is 6.04 Å². The van der Waals surface area contributed by atoms with Gasteiger partial charge in [0.15, 0.2) is 11.5 Å². The number of nitrogens with zero attached hydrogens (tertiary/aromatic N) is 1. The summed E-state index contributed by atoms with van der Waals surface area (Å²) in [6.45, 7) is 3.61. The molecule has 3 rings (SSSR count). The minimum Gasteiger partial charge on any atom is -0.496 e. The Bertz CT molecular complexity index is 774. The first-order valence-electron chi connectivity index (χ1n) is 9.64. The average molecular weight is 402 g/mol. The second-order valence-corrected chi connectivity index (χ2v) is 6.72. The van der Waals surface area contributed by atoms with E-state index in [-0.39, 0.29) is 6.04 Å². The van der Waals surface area contributed by atoms with E-state index < -0.39 is 0 Å². The first-order chi connectivity index (χ1) is 14.2. The molecule has 0 amide bonds. The number of ether oxygens (including phenoxy) is 5. The standard InChI is InChI=1S/C22H30N2O5/c1-25-16-7-6-8-17(26-2)20(16)21(24-11-9-23-10-12-24)15-13-18(27-3)22(29-5)19(14-15)28-4/h6-8,13-14,21,23H,9-12H2,1-5H3. The number of methoxy groups -OCH3 is 5. The summed E-state index contributed by atoms with van der Waals surface area (Å²) in [5, 5.41) is 3.42. The largest absolute Gasteiger partial charge is 0.496 e. The quantitative estimate of drug-likeness (QED) is 0.728. The monoisotopic (exact) mass is 402 g/mol. The third-order valence-electron chi connectivity index (χ3n) is 5.26. The van der Waals surface area contributed by atoms with Crippen molar-refractivity contribution in [3.63, 3.8) is 0 Å². The number of hydrogen-bond donors (Lipinski definition) is 1. The molecule has 1 aliphatic rings. The zero-order chi connectivity index (χ0) is 20.8. The third-order valence-corrected chi connectivity index (χ3v) is 5.26. The molecule has 29 heavy (non-hydrogen) atoms. The Hall–Kier alpha value is -2.64. The fraction of sp³-hybridized carbons (Fsp3) is 0.455. The van der Waals surface area contributed by atoms with E-state index in [2.05, 4.69) is 10.2 Å². The Kier molecular flexibility index (Phi) is 7.06. The maximum Gasteiger partial charge on any atom is 0.203 e. The molecule has 2 aromatic carbocycles. The van der Waals surface area contributed by atoms with Crippen molar-refractivity contribution >= 4 is 0 Å². The lowest BCUT2D eigenvalue weighted by Crippen LogP contribution is -2.45. The van der Waals surface area contributed by atoms with Gasteiger partial charge in [-0.25, -0.2) is 0 Å². The molecule has 0 bridgehead atoms. The molecule has 1 saturated heterocycles. The highest BCUT2D eigenvalue weighted by molar-refractivity contribution is 5.58. The van der Waals surface area contributed by atoms with Crippen molar-refractivity contribution in [2.24, 2.45) is 0 Å². The Morgan fingerprint density at radius 3 is 1.72 bits per heavy atom. The highest BCUT2D eigenvalue weighted by atomic mass is 16.5.